The lowest BCUT2D eigenvalue weighted by Gasteiger charge is -2.39. The lowest BCUT2D eigenvalue weighted by Crippen LogP contribution is -2.45. The molecule has 148 valence electrons. The van der Waals surface area contributed by atoms with Crippen LogP contribution in [-0.2, 0) is 18.0 Å². The number of ether oxygens (including phenoxy) is 1. The van der Waals surface area contributed by atoms with Crippen molar-refractivity contribution in [2.45, 2.75) is 32.2 Å². The first kappa shape index (κ1) is 18.7. The second-order valence-corrected chi connectivity index (χ2v) is 7.05. The molecule has 2 atom stereocenters. The molecule has 1 saturated heterocycles. The summed E-state index contributed by atoms with van der Waals surface area (Å²) in [6.45, 7) is 4.59. The molecule has 0 amide bonds. The predicted molar refractivity (Wildman–Crippen MR) is 98.0 cm³/mol. The molecule has 1 aromatic carbocycles. The zero-order valence-corrected chi connectivity index (χ0v) is 15.7. The Bertz CT molecular complexity index is 1020. The van der Waals surface area contributed by atoms with Crippen LogP contribution in [0.25, 0.3) is 11.0 Å². The van der Waals surface area contributed by atoms with E-state index in [0.717, 1.165) is 29.0 Å². The van der Waals surface area contributed by atoms with Crippen LogP contribution < -0.4 is 4.90 Å². The topological polar surface area (TPSA) is 56.1 Å². The van der Waals surface area contributed by atoms with E-state index in [4.69, 9.17) is 4.74 Å². The van der Waals surface area contributed by atoms with Crippen molar-refractivity contribution < 1.29 is 17.9 Å². The number of anilines is 1. The highest BCUT2D eigenvalue weighted by atomic mass is 19.4. The van der Waals surface area contributed by atoms with E-state index in [0.29, 0.717) is 24.5 Å². The second kappa shape index (κ2) is 6.73. The molecule has 0 unspecified atom stereocenters. The molecule has 1 fully saturated rings. The summed E-state index contributed by atoms with van der Waals surface area (Å²) >= 11 is 0. The van der Waals surface area contributed by atoms with Crippen molar-refractivity contribution in [3.05, 3.63) is 47.4 Å². The number of benzene rings is 1. The summed E-state index contributed by atoms with van der Waals surface area (Å²) < 4.78 is 46.8. The van der Waals surface area contributed by atoms with Gasteiger partial charge in [-0.25, -0.2) is 9.97 Å². The van der Waals surface area contributed by atoms with Gasteiger partial charge in [0.05, 0.1) is 36.3 Å². The molecule has 0 N–H and O–H groups in total. The quantitative estimate of drug-likeness (QED) is 0.667. The molecular formula is C19H20F3N5O. The van der Waals surface area contributed by atoms with E-state index in [1.807, 2.05) is 20.9 Å². The van der Waals surface area contributed by atoms with Crippen LogP contribution in [0, 0.1) is 6.92 Å². The van der Waals surface area contributed by atoms with Gasteiger partial charge >= 0.3 is 6.18 Å². The third-order valence-corrected chi connectivity index (χ3v) is 4.97. The molecule has 6 nitrogen and oxygen atoms in total. The number of rotatable bonds is 2. The molecule has 3 aromatic rings. The maximum absolute atomic E-state index is 13.1. The van der Waals surface area contributed by atoms with Crippen LogP contribution in [0.5, 0.6) is 0 Å². The van der Waals surface area contributed by atoms with Gasteiger partial charge in [-0.05, 0) is 31.5 Å². The van der Waals surface area contributed by atoms with Crippen LogP contribution in [0.3, 0.4) is 0 Å². The van der Waals surface area contributed by atoms with Crippen molar-refractivity contribution in [3.8, 4) is 0 Å². The third-order valence-electron chi connectivity index (χ3n) is 4.97. The highest BCUT2D eigenvalue weighted by molar-refractivity contribution is 5.87. The number of fused-ring (bicyclic) bond motifs is 1. The zero-order valence-electron chi connectivity index (χ0n) is 15.7. The SMILES string of the molecule is Cc1nc(N2C[C@H](c3cccc(C(F)(F)F)c3)OC[C@@H]2C)c2cnn(C)c2n1. The molecule has 28 heavy (non-hydrogen) atoms. The average Bonchev–Trinajstić information content (AvgIpc) is 3.02. The number of alkyl halides is 3. The number of aryl methyl sites for hydroxylation is 2. The number of nitrogens with zero attached hydrogens (tertiary/aromatic N) is 5. The minimum absolute atomic E-state index is 0.0137. The first-order valence-corrected chi connectivity index (χ1v) is 8.96. The van der Waals surface area contributed by atoms with Crippen molar-refractivity contribution in [2.24, 2.45) is 7.05 Å². The molecule has 0 spiro atoms. The highest BCUT2D eigenvalue weighted by Crippen LogP contribution is 2.35. The summed E-state index contributed by atoms with van der Waals surface area (Å²) in [7, 11) is 1.81. The summed E-state index contributed by atoms with van der Waals surface area (Å²) in [5.41, 5.74) is 0.544. The molecule has 1 aliphatic heterocycles. The van der Waals surface area contributed by atoms with E-state index in [1.165, 1.54) is 6.07 Å². The molecule has 0 radical (unpaired) electrons. The molecule has 3 heterocycles. The van der Waals surface area contributed by atoms with E-state index in [1.54, 1.807) is 16.9 Å². The Hall–Kier alpha value is -2.68. The van der Waals surface area contributed by atoms with Crippen LogP contribution in [0.15, 0.2) is 30.5 Å². The van der Waals surface area contributed by atoms with Crippen LogP contribution in [0.4, 0.5) is 19.0 Å². The minimum Gasteiger partial charge on any atom is -0.370 e. The van der Waals surface area contributed by atoms with Crippen LogP contribution in [0.2, 0.25) is 0 Å². The summed E-state index contributed by atoms with van der Waals surface area (Å²) in [5.74, 6) is 1.34. The number of hydrogen-bond donors (Lipinski definition) is 0. The molecule has 2 aromatic heterocycles. The average molecular weight is 391 g/mol. The minimum atomic E-state index is -4.39. The Labute approximate surface area is 160 Å². The number of hydrogen-bond acceptors (Lipinski definition) is 5. The summed E-state index contributed by atoms with van der Waals surface area (Å²) in [4.78, 5) is 11.1. The molecule has 9 heteroatoms. The van der Waals surface area contributed by atoms with Gasteiger partial charge < -0.3 is 9.64 Å². The van der Waals surface area contributed by atoms with Gasteiger partial charge in [0.1, 0.15) is 17.7 Å². The van der Waals surface area contributed by atoms with Crippen LogP contribution >= 0.6 is 0 Å². The van der Waals surface area contributed by atoms with Gasteiger partial charge in [0, 0.05) is 7.05 Å². The molecular weight excluding hydrogens is 371 g/mol. The van der Waals surface area contributed by atoms with Gasteiger partial charge in [0.15, 0.2) is 5.65 Å². The highest BCUT2D eigenvalue weighted by Gasteiger charge is 2.33. The normalized spacial score (nSPS) is 20.7. The Morgan fingerprint density at radius 1 is 1.21 bits per heavy atom. The fourth-order valence-corrected chi connectivity index (χ4v) is 3.50. The van der Waals surface area contributed by atoms with E-state index < -0.39 is 17.8 Å². The van der Waals surface area contributed by atoms with E-state index in [9.17, 15) is 13.2 Å². The molecule has 1 aliphatic rings. The summed E-state index contributed by atoms with van der Waals surface area (Å²) in [5, 5.41) is 5.07. The van der Waals surface area contributed by atoms with Crippen molar-refractivity contribution in [3.63, 3.8) is 0 Å². The fourth-order valence-electron chi connectivity index (χ4n) is 3.50. The standard InChI is InChI=1S/C19H20F3N5O/c1-11-10-28-16(13-5-4-6-14(7-13)19(20,21)22)9-27(11)18-15-8-23-26(3)17(15)24-12(2)25-18/h4-8,11,16H,9-10H2,1-3H3/t11-,16+/m0/s1. The van der Waals surface area contributed by atoms with Crippen LogP contribution in [0.1, 0.15) is 30.0 Å². The maximum atomic E-state index is 13.1. The van der Waals surface area contributed by atoms with Gasteiger partial charge in [-0.2, -0.15) is 18.3 Å². The Balaban J connectivity index is 1.71. The molecule has 4 rings (SSSR count). The number of halogens is 3. The summed E-state index contributed by atoms with van der Waals surface area (Å²) in [6.07, 6.45) is -3.16. The Morgan fingerprint density at radius 2 is 2.00 bits per heavy atom. The first-order chi connectivity index (χ1) is 13.2. The van der Waals surface area contributed by atoms with Gasteiger partial charge in [0.2, 0.25) is 0 Å². The summed E-state index contributed by atoms with van der Waals surface area (Å²) in [6, 6.07) is 5.32. The van der Waals surface area contributed by atoms with Crippen molar-refractivity contribution >= 4 is 16.9 Å². The van der Waals surface area contributed by atoms with Crippen molar-refractivity contribution in [1.82, 2.24) is 19.7 Å². The Kier molecular flexibility index (Phi) is 4.49. The molecule has 0 saturated carbocycles. The van der Waals surface area contributed by atoms with Gasteiger partial charge in [0.25, 0.3) is 0 Å². The third kappa shape index (κ3) is 3.30. The molecule has 0 bridgehead atoms. The fraction of sp³-hybridized carbons (Fsp3) is 0.421. The Morgan fingerprint density at radius 3 is 2.75 bits per heavy atom. The van der Waals surface area contributed by atoms with E-state index in [2.05, 4.69) is 20.0 Å². The zero-order chi connectivity index (χ0) is 20.1. The van der Waals surface area contributed by atoms with Crippen LogP contribution in [-0.4, -0.2) is 38.9 Å². The monoisotopic (exact) mass is 391 g/mol. The first-order valence-electron chi connectivity index (χ1n) is 8.96. The maximum Gasteiger partial charge on any atom is 0.416 e. The predicted octanol–water partition coefficient (Wildman–Crippen LogP) is 3.66. The largest absolute Gasteiger partial charge is 0.416 e. The van der Waals surface area contributed by atoms with Gasteiger partial charge in [-0.3, -0.25) is 4.68 Å². The van der Waals surface area contributed by atoms with E-state index >= 15 is 0 Å². The number of morpholine rings is 1. The lowest BCUT2D eigenvalue weighted by atomic mass is 10.0. The van der Waals surface area contributed by atoms with Gasteiger partial charge in [-0.15, -0.1) is 0 Å². The lowest BCUT2D eigenvalue weighted by molar-refractivity contribution is -0.137. The van der Waals surface area contributed by atoms with Gasteiger partial charge in [-0.1, -0.05) is 12.1 Å². The molecule has 0 aliphatic carbocycles. The second-order valence-electron chi connectivity index (χ2n) is 7.05. The number of aromatic nitrogens is 4. The van der Waals surface area contributed by atoms with E-state index in [-0.39, 0.29) is 6.04 Å². The van der Waals surface area contributed by atoms with Crippen molar-refractivity contribution in [1.29, 1.82) is 0 Å². The smallest absolute Gasteiger partial charge is 0.370 e. The van der Waals surface area contributed by atoms with Crippen molar-refractivity contribution in [2.75, 3.05) is 18.1 Å².